The molecule has 126 valence electrons. The van der Waals surface area contributed by atoms with Crippen molar-refractivity contribution in [2.24, 2.45) is 17.8 Å². The van der Waals surface area contributed by atoms with Gasteiger partial charge in [-0.25, -0.2) is 0 Å². The van der Waals surface area contributed by atoms with Gasteiger partial charge in [-0.15, -0.1) is 11.3 Å². The summed E-state index contributed by atoms with van der Waals surface area (Å²) in [6.07, 6.45) is 7.30. The summed E-state index contributed by atoms with van der Waals surface area (Å²) in [4.78, 5) is 13.6. The lowest BCUT2D eigenvalue weighted by molar-refractivity contribution is -0.120. The molecule has 23 heavy (non-hydrogen) atoms. The molecule has 4 bridgehead atoms. The third kappa shape index (κ3) is 2.91. The lowest BCUT2D eigenvalue weighted by Gasteiger charge is -2.56. The van der Waals surface area contributed by atoms with E-state index in [0.717, 1.165) is 41.9 Å². The number of amides is 1. The van der Waals surface area contributed by atoms with Gasteiger partial charge in [0.15, 0.2) is 0 Å². The minimum atomic E-state index is -1.06. The average Bonchev–Trinajstić information content (AvgIpc) is 3.03. The first-order valence-electron chi connectivity index (χ1n) is 8.76. The van der Waals surface area contributed by atoms with Crippen molar-refractivity contribution >= 4 is 28.0 Å². The monoisotopic (exact) mass is 351 g/mol. The summed E-state index contributed by atoms with van der Waals surface area (Å²) >= 11 is 1.64. The maximum atomic E-state index is 13.3. The Bertz CT molecular complexity index is 575. The molecule has 4 fully saturated rings. The summed E-state index contributed by atoms with van der Waals surface area (Å²) in [5, 5.41) is 4.59. The standard InChI is InChI=1S/C18H25NO2S2/c1-12(17(20)19-11-16-3-2-4-22-16)23(21)18-8-13-5-14(9-18)7-15(6-13)10-18/h2-4,12-15H,5-11H2,1H3,(H,19,20). The van der Waals surface area contributed by atoms with Gasteiger partial charge in [-0.3, -0.25) is 9.00 Å². The average molecular weight is 352 g/mol. The predicted octanol–water partition coefficient (Wildman–Crippen LogP) is 3.47. The van der Waals surface area contributed by atoms with E-state index in [-0.39, 0.29) is 10.7 Å². The first-order chi connectivity index (χ1) is 11.1. The Hall–Kier alpha value is -0.680. The molecule has 4 saturated carbocycles. The number of rotatable bonds is 5. The van der Waals surface area contributed by atoms with Crippen LogP contribution < -0.4 is 5.32 Å². The Morgan fingerprint density at radius 1 is 1.30 bits per heavy atom. The molecule has 0 radical (unpaired) electrons. The van der Waals surface area contributed by atoms with Gasteiger partial charge < -0.3 is 5.32 Å². The number of nitrogens with one attached hydrogen (secondary N) is 1. The molecule has 4 aliphatic rings. The van der Waals surface area contributed by atoms with Crippen LogP contribution >= 0.6 is 11.3 Å². The van der Waals surface area contributed by atoms with Crippen molar-refractivity contribution < 1.29 is 9.00 Å². The lowest BCUT2D eigenvalue weighted by atomic mass is 9.56. The third-order valence-electron chi connectivity index (χ3n) is 6.12. The van der Waals surface area contributed by atoms with E-state index in [4.69, 9.17) is 0 Å². The highest BCUT2D eigenvalue weighted by molar-refractivity contribution is 7.87. The van der Waals surface area contributed by atoms with Crippen LogP contribution in [0, 0.1) is 17.8 Å². The fourth-order valence-electron chi connectivity index (χ4n) is 5.48. The Morgan fingerprint density at radius 3 is 2.43 bits per heavy atom. The SMILES string of the molecule is CC(C(=O)NCc1cccs1)S(=O)C12CC3CC(CC(C3)C1)C2. The zero-order chi connectivity index (χ0) is 16.0. The number of carbonyl (C=O) groups is 1. The fourth-order valence-corrected chi connectivity index (χ4v) is 8.35. The second-order valence-corrected chi connectivity index (χ2v) is 11.0. The van der Waals surface area contributed by atoms with Gasteiger partial charge in [-0.2, -0.15) is 0 Å². The summed E-state index contributed by atoms with van der Waals surface area (Å²) in [6, 6.07) is 4.01. The van der Waals surface area contributed by atoms with E-state index < -0.39 is 16.0 Å². The molecule has 1 aromatic heterocycles. The third-order valence-corrected chi connectivity index (χ3v) is 9.20. The molecule has 1 amide bonds. The second-order valence-electron chi connectivity index (χ2n) is 7.84. The molecule has 0 spiro atoms. The van der Waals surface area contributed by atoms with Crippen molar-refractivity contribution in [3.63, 3.8) is 0 Å². The molecule has 5 heteroatoms. The molecule has 5 rings (SSSR count). The normalized spacial score (nSPS) is 37.5. The Kier molecular flexibility index (Phi) is 4.12. The van der Waals surface area contributed by atoms with E-state index in [9.17, 15) is 9.00 Å². The Morgan fingerprint density at radius 2 is 1.91 bits per heavy atom. The second kappa shape index (κ2) is 5.99. The van der Waals surface area contributed by atoms with Gasteiger partial charge in [-0.1, -0.05) is 6.07 Å². The molecule has 0 saturated heterocycles. The smallest absolute Gasteiger partial charge is 0.235 e. The predicted molar refractivity (Wildman–Crippen MR) is 94.7 cm³/mol. The first kappa shape index (κ1) is 15.8. The molecular weight excluding hydrogens is 326 g/mol. The van der Waals surface area contributed by atoms with Gasteiger partial charge in [0.05, 0.1) is 6.54 Å². The van der Waals surface area contributed by atoms with E-state index in [2.05, 4.69) is 5.32 Å². The van der Waals surface area contributed by atoms with Crippen LogP contribution in [0.3, 0.4) is 0 Å². The van der Waals surface area contributed by atoms with Gasteiger partial charge in [0.2, 0.25) is 5.91 Å². The summed E-state index contributed by atoms with van der Waals surface area (Å²) in [5.41, 5.74) is 0. The number of thiophene rings is 1. The van der Waals surface area contributed by atoms with Crippen molar-refractivity contribution in [2.75, 3.05) is 0 Å². The molecule has 0 aromatic carbocycles. The van der Waals surface area contributed by atoms with Crippen LogP contribution in [0.25, 0.3) is 0 Å². The van der Waals surface area contributed by atoms with Crippen LogP contribution in [0.15, 0.2) is 17.5 Å². The summed E-state index contributed by atoms with van der Waals surface area (Å²) < 4.78 is 13.2. The maximum absolute atomic E-state index is 13.3. The van der Waals surface area contributed by atoms with Gasteiger partial charge in [0, 0.05) is 20.4 Å². The van der Waals surface area contributed by atoms with E-state index in [1.165, 1.54) is 19.3 Å². The van der Waals surface area contributed by atoms with Crippen molar-refractivity contribution in [3.05, 3.63) is 22.4 Å². The van der Waals surface area contributed by atoms with Crippen LogP contribution in [0.4, 0.5) is 0 Å². The van der Waals surface area contributed by atoms with Crippen molar-refractivity contribution in [2.45, 2.75) is 62.0 Å². The van der Waals surface area contributed by atoms with Gasteiger partial charge >= 0.3 is 0 Å². The molecule has 2 atom stereocenters. The molecule has 2 unspecified atom stereocenters. The summed E-state index contributed by atoms with van der Waals surface area (Å²) in [6.45, 7) is 2.41. The minimum absolute atomic E-state index is 0.0486. The largest absolute Gasteiger partial charge is 0.350 e. The van der Waals surface area contributed by atoms with Crippen LogP contribution in [0.1, 0.15) is 50.3 Å². The zero-order valence-electron chi connectivity index (χ0n) is 13.6. The molecular formula is C18H25NO2S2. The molecule has 3 nitrogen and oxygen atoms in total. The highest BCUT2D eigenvalue weighted by atomic mass is 32.2. The molecule has 1 aromatic rings. The Balaban J connectivity index is 1.42. The summed E-state index contributed by atoms with van der Waals surface area (Å²) in [7, 11) is -1.06. The van der Waals surface area contributed by atoms with E-state index in [1.54, 1.807) is 11.3 Å². The topological polar surface area (TPSA) is 46.2 Å². The number of hydrogen-bond acceptors (Lipinski definition) is 3. The Labute approximate surface area is 144 Å². The minimum Gasteiger partial charge on any atom is -0.350 e. The quantitative estimate of drug-likeness (QED) is 0.883. The van der Waals surface area contributed by atoms with Gasteiger partial charge in [0.25, 0.3) is 0 Å². The van der Waals surface area contributed by atoms with E-state index >= 15 is 0 Å². The zero-order valence-corrected chi connectivity index (χ0v) is 15.3. The molecule has 0 aliphatic heterocycles. The van der Waals surface area contributed by atoms with Crippen LogP contribution in [-0.2, 0) is 22.1 Å². The maximum Gasteiger partial charge on any atom is 0.235 e. The van der Waals surface area contributed by atoms with Crippen molar-refractivity contribution in [1.82, 2.24) is 5.32 Å². The van der Waals surface area contributed by atoms with Gasteiger partial charge in [0.1, 0.15) is 5.25 Å². The highest BCUT2D eigenvalue weighted by Crippen LogP contribution is 2.58. The first-order valence-corrected chi connectivity index (χ1v) is 10.9. The summed E-state index contributed by atoms with van der Waals surface area (Å²) in [5.74, 6) is 2.26. The molecule has 4 aliphatic carbocycles. The number of carbonyl (C=O) groups excluding carboxylic acids is 1. The van der Waals surface area contributed by atoms with Crippen molar-refractivity contribution in [1.29, 1.82) is 0 Å². The number of hydrogen-bond donors (Lipinski definition) is 1. The van der Waals surface area contributed by atoms with Gasteiger partial charge in [-0.05, 0) is 74.6 Å². The van der Waals surface area contributed by atoms with Crippen LogP contribution in [0.5, 0.6) is 0 Å². The highest BCUT2D eigenvalue weighted by Gasteiger charge is 2.55. The lowest BCUT2D eigenvalue weighted by Crippen LogP contribution is -2.56. The molecule has 1 N–H and O–H groups in total. The molecule has 1 heterocycles. The van der Waals surface area contributed by atoms with Crippen LogP contribution in [0.2, 0.25) is 0 Å². The van der Waals surface area contributed by atoms with Crippen molar-refractivity contribution in [3.8, 4) is 0 Å². The fraction of sp³-hybridized carbons (Fsp3) is 0.722. The van der Waals surface area contributed by atoms with Crippen LogP contribution in [-0.4, -0.2) is 20.1 Å². The van der Waals surface area contributed by atoms with E-state index in [0.29, 0.717) is 6.54 Å². The van der Waals surface area contributed by atoms with E-state index in [1.807, 2.05) is 24.4 Å².